The molecule has 3 aromatic carbocycles. The normalized spacial score (nSPS) is 17.2. The summed E-state index contributed by atoms with van der Waals surface area (Å²) in [6.45, 7) is 4.46. The van der Waals surface area contributed by atoms with Crippen LogP contribution in [0, 0.1) is 6.92 Å². The van der Waals surface area contributed by atoms with Gasteiger partial charge in [0.05, 0.1) is 28.4 Å². The minimum absolute atomic E-state index is 0.00975. The second-order valence-corrected chi connectivity index (χ2v) is 10.0. The molecular weight excluding hydrogens is 496 g/mol. The highest BCUT2D eigenvalue weighted by Gasteiger charge is 2.48. The molecule has 0 bridgehead atoms. The highest BCUT2D eigenvalue weighted by molar-refractivity contribution is 7.22. The van der Waals surface area contributed by atoms with E-state index in [1.807, 2.05) is 38.1 Å². The first kappa shape index (κ1) is 24.0. The topological polar surface area (TPSA) is 79.7 Å². The molecule has 1 fully saturated rings. The van der Waals surface area contributed by atoms with E-state index in [-0.39, 0.29) is 11.3 Å². The Morgan fingerprint density at radius 3 is 2.69 bits per heavy atom. The van der Waals surface area contributed by atoms with E-state index in [9.17, 15) is 14.7 Å². The van der Waals surface area contributed by atoms with Gasteiger partial charge in [-0.25, -0.2) is 4.98 Å². The van der Waals surface area contributed by atoms with Crippen LogP contribution in [0.25, 0.3) is 16.0 Å². The molecule has 8 heteroatoms. The summed E-state index contributed by atoms with van der Waals surface area (Å²) < 4.78 is 6.50. The number of halogens is 1. The molecular formula is C28H23ClN2O4S. The van der Waals surface area contributed by atoms with Gasteiger partial charge in [-0.2, -0.15) is 0 Å². The van der Waals surface area contributed by atoms with E-state index in [1.54, 1.807) is 42.5 Å². The highest BCUT2D eigenvalue weighted by atomic mass is 35.5. The summed E-state index contributed by atoms with van der Waals surface area (Å²) in [6.07, 6.45) is 0.835. The number of aromatic nitrogens is 1. The van der Waals surface area contributed by atoms with Crippen molar-refractivity contribution < 1.29 is 19.4 Å². The zero-order chi connectivity index (χ0) is 25.4. The van der Waals surface area contributed by atoms with Crippen LogP contribution in [0.3, 0.4) is 0 Å². The van der Waals surface area contributed by atoms with E-state index >= 15 is 0 Å². The molecule has 1 atom stereocenters. The van der Waals surface area contributed by atoms with E-state index in [1.165, 1.54) is 16.2 Å². The molecule has 1 aliphatic rings. The fraction of sp³-hybridized carbons (Fsp3) is 0.179. The first-order chi connectivity index (χ1) is 17.4. The zero-order valence-corrected chi connectivity index (χ0v) is 21.3. The Balaban J connectivity index is 1.69. The van der Waals surface area contributed by atoms with Gasteiger partial charge in [0.15, 0.2) is 5.13 Å². The molecule has 1 saturated heterocycles. The van der Waals surface area contributed by atoms with Crippen molar-refractivity contribution in [2.45, 2.75) is 26.3 Å². The van der Waals surface area contributed by atoms with Gasteiger partial charge >= 0.3 is 5.91 Å². The zero-order valence-electron chi connectivity index (χ0n) is 19.7. The molecule has 4 aromatic rings. The second kappa shape index (κ2) is 9.76. The Morgan fingerprint density at radius 1 is 1.11 bits per heavy atom. The number of rotatable bonds is 6. The molecule has 1 unspecified atom stereocenters. The van der Waals surface area contributed by atoms with Crippen molar-refractivity contribution in [3.63, 3.8) is 0 Å². The molecule has 0 saturated carbocycles. The third-order valence-electron chi connectivity index (χ3n) is 5.93. The second-order valence-electron chi connectivity index (χ2n) is 8.57. The third kappa shape index (κ3) is 4.36. The van der Waals surface area contributed by atoms with Crippen molar-refractivity contribution in [2.24, 2.45) is 0 Å². The van der Waals surface area contributed by atoms with Gasteiger partial charge in [0.2, 0.25) is 0 Å². The lowest BCUT2D eigenvalue weighted by Gasteiger charge is -2.23. The standard InChI is InChI=1S/C28H23ClN2O4S/c1-3-12-35-20-9-5-8-18(14-20)25(32)23-24(17-7-4-6-16(2)13-17)31(27(34)26(23)33)28-30-21-11-10-19(29)15-22(21)36-28/h4-11,13-15,24,32H,3,12H2,1-2H3/b25-23+. The maximum Gasteiger partial charge on any atom is 0.301 e. The summed E-state index contributed by atoms with van der Waals surface area (Å²) in [5, 5.41) is 12.3. The Morgan fingerprint density at radius 2 is 1.92 bits per heavy atom. The SMILES string of the molecule is CCCOc1cccc(/C(O)=C2\C(=O)C(=O)N(c3nc4ccc(Cl)cc4s3)C2c2cccc(C)c2)c1. The number of hydrogen-bond donors (Lipinski definition) is 1. The van der Waals surface area contributed by atoms with Gasteiger partial charge in [-0.15, -0.1) is 0 Å². The van der Waals surface area contributed by atoms with Gasteiger partial charge in [0.1, 0.15) is 11.5 Å². The Hall–Kier alpha value is -3.68. The predicted octanol–water partition coefficient (Wildman–Crippen LogP) is 6.67. The average Bonchev–Trinajstić information content (AvgIpc) is 3.40. The maximum absolute atomic E-state index is 13.4. The molecule has 1 aromatic heterocycles. The Labute approximate surface area is 217 Å². The van der Waals surface area contributed by atoms with Gasteiger partial charge < -0.3 is 9.84 Å². The van der Waals surface area contributed by atoms with Gasteiger partial charge in [0, 0.05) is 10.6 Å². The first-order valence-corrected chi connectivity index (χ1v) is 12.7. The number of hydrogen-bond acceptors (Lipinski definition) is 6. The van der Waals surface area contributed by atoms with Crippen LogP contribution < -0.4 is 9.64 Å². The van der Waals surface area contributed by atoms with E-state index < -0.39 is 17.7 Å². The van der Waals surface area contributed by atoms with Crippen LogP contribution in [0.2, 0.25) is 5.02 Å². The van der Waals surface area contributed by atoms with Crippen LogP contribution in [0.4, 0.5) is 5.13 Å². The summed E-state index contributed by atoms with van der Waals surface area (Å²) in [4.78, 5) is 32.8. The molecule has 1 N–H and O–H groups in total. The number of benzene rings is 3. The molecule has 0 aliphatic carbocycles. The van der Waals surface area contributed by atoms with Crippen LogP contribution in [0.1, 0.15) is 36.1 Å². The van der Waals surface area contributed by atoms with E-state index in [0.717, 1.165) is 16.7 Å². The minimum atomic E-state index is -0.846. The Kier molecular flexibility index (Phi) is 6.51. The van der Waals surface area contributed by atoms with Crippen molar-refractivity contribution in [1.29, 1.82) is 0 Å². The molecule has 1 aliphatic heterocycles. The average molecular weight is 519 g/mol. The van der Waals surface area contributed by atoms with Gasteiger partial charge in [0.25, 0.3) is 5.78 Å². The molecule has 2 heterocycles. The number of carbonyl (C=O) groups is 2. The van der Waals surface area contributed by atoms with Crippen LogP contribution in [-0.2, 0) is 9.59 Å². The Bertz CT molecular complexity index is 1530. The number of nitrogens with zero attached hydrogens (tertiary/aromatic N) is 2. The van der Waals surface area contributed by atoms with E-state index in [2.05, 4.69) is 4.98 Å². The number of aryl methyl sites for hydroxylation is 1. The maximum atomic E-state index is 13.4. The van der Waals surface area contributed by atoms with E-state index in [0.29, 0.717) is 39.2 Å². The van der Waals surface area contributed by atoms with Crippen molar-refractivity contribution in [3.8, 4) is 5.75 Å². The van der Waals surface area contributed by atoms with Crippen LogP contribution in [0.15, 0.2) is 72.3 Å². The number of fused-ring (bicyclic) bond motifs is 1. The largest absolute Gasteiger partial charge is 0.507 e. The number of amides is 1. The molecule has 182 valence electrons. The summed E-state index contributed by atoms with van der Waals surface area (Å²) >= 11 is 7.42. The molecule has 36 heavy (non-hydrogen) atoms. The number of ether oxygens (including phenoxy) is 1. The third-order valence-corrected chi connectivity index (χ3v) is 7.18. The van der Waals surface area contributed by atoms with Crippen LogP contribution in [-0.4, -0.2) is 28.4 Å². The van der Waals surface area contributed by atoms with Crippen molar-refractivity contribution in [2.75, 3.05) is 11.5 Å². The summed E-state index contributed by atoms with van der Waals surface area (Å²) in [5.74, 6) is -1.19. The molecule has 0 radical (unpaired) electrons. The minimum Gasteiger partial charge on any atom is -0.507 e. The van der Waals surface area contributed by atoms with Gasteiger partial charge in [-0.3, -0.25) is 14.5 Å². The molecule has 5 rings (SSSR count). The van der Waals surface area contributed by atoms with Crippen molar-refractivity contribution in [3.05, 3.63) is 94.0 Å². The fourth-order valence-corrected chi connectivity index (χ4v) is 5.55. The smallest absolute Gasteiger partial charge is 0.301 e. The number of carbonyl (C=O) groups excluding carboxylic acids is 2. The molecule has 0 spiro atoms. The van der Waals surface area contributed by atoms with Crippen LogP contribution >= 0.6 is 22.9 Å². The quantitative estimate of drug-likeness (QED) is 0.175. The number of Topliss-reactive ketones (excluding diaryl/α,β-unsaturated/α-hetero) is 1. The summed E-state index contributed by atoms with van der Waals surface area (Å²) in [5.41, 5.74) is 2.74. The van der Waals surface area contributed by atoms with Crippen molar-refractivity contribution in [1.82, 2.24) is 4.98 Å². The first-order valence-electron chi connectivity index (χ1n) is 11.5. The van der Waals surface area contributed by atoms with Gasteiger partial charge in [-0.1, -0.05) is 71.8 Å². The lowest BCUT2D eigenvalue weighted by atomic mass is 9.94. The number of anilines is 1. The number of ketones is 1. The number of thiazole rings is 1. The number of aliphatic hydroxyl groups is 1. The highest BCUT2D eigenvalue weighted by Crippen LogP contribution is 2.44. The fourth-order valence-electron chi connectivity index (χ4n) is 4.28. The lowest BCUT2D eigenvalue weighted by Crippen LogP contribution is -2.29. The predicted molar refractivity (Wildman–Crippen MR) is 143 cm³/mol. The number of aliphatic hydroxyl groups excluding tert-OH is 1. The molecule has 1 amide bonds. The van der Waals surface area contributed by atoms with Gasteiger partial charge in [-0.05, 0) is 49.2 Å². The van der Waals surface area contributed by atoms with E-state index in [4.69, 9.17) is 16.3 Å². The molecule has 6 nitrogen and oxygen atoms in total. The van der Waals surface area contributed by atoms with Crippen LogP contribution in [0.5, 0.6) is 5.75 Å². The summed E-state index contributed by atoms with van der Waals surface area (Å²) in [7, 11) is 0. The van der Waals surface area contributed by atoms with Crippen molar-refractivity contribution >= 4 is 55.7 Å². The lowest BCUT2D eigenvalue weighted by molar-refractivity contribution is -0.132. The summed E-state index contributed by atoms with van der Waals surface area (Å²) in [6, 6.07) is 18.9. The monoisotopic (exact) mass is 518 g/mol.